The monoisotopic (exact) mass is 550 g/mol. The van der Waals surface area contributed by atoms with Gasteiger partial charge < -0.3 is 31.1 Å². The van der Waals surface area contributed by atoms with Crippen molar-refractivity contribution >= 4 is 46.9 Å². The molecule has 1 saturated heterocycles. The van der Waals surface area contributed by atoms with Gasteiger partial charge in [0, 0.05) is 18.2 Å². The number of halogens is 1. The molecule has 38 heavy (non-hydrogen) atoms. The Hall–Kier alpha value is -3.60. The molecule has 3 atom stereocenters. The number of hydrogen-bond acceptors (Lipinski definition) is 7. The Kier molecular flexibility index (Phi) is 10.7. The third-order valence-electron chi connectivity index (χ3n) is 5.96. The van der Waals surface area contributed by atoms with E-state index in [9.17, 15) is 29.1 Å². The minimum Gasteiger partial charge on any atom is -0.481 e. The van der Waals surface area contributed by atoms with E-state index < -0.39 is 59.6 Å². The average Bonchev–Trinajstić information content (AvgIpc) is 3.31. The Bertz CT molecular complexity index is 1100. The number of nitrogens with two attached hydrogens (primary N) is 1. The molecule has 3 amide bonds. The number of likely N-dealkylation sites (tertiary alicyclic amines) is 1. The van der Waals surface area contributed by atoms with Crippen LogP contribution in [0.2, 0.25) is 5.02 Å². The zero-order valence-corrected chi connectivity index (χ0v) is 22.7. The summed E-state index contributed by atoms with van der Waals surface area (Å²) in [5.74, 6) is -3.37. The van der Waals surface area contributed by atoms with E-state index in [1.54, 1.807) is 27.7 Å². The normalized spacial score (nSPS) is 17.1. The molecule has 0 saturated carbocycles. The van der Waals surface area contributed by atoms with E-state index in [1.807, 2.05) is 0 Å². The van der Waals surface area contributed by atoms with Gasteiger partial charge in [0.05, 0.1) is 29.8 Å². The number of esters is 1. The summed E-state index contributed by atoms with van der Waals surface area (Å²) < 4.78 is 4.80. The highest BCUT2D eigenvalue weighted by Crippen LogP contribution is 2.27. The number of carboxylic acids is 1. The van der Waals surface area contributed by atoms with Gasteiger partial charge in [-0.3, -0.25) is 19.2 Å². The lowest BCUT2D eigenvalue weighted by atomic mass is 9.85. The molecule has 0 unspecified atom stereocenters. The van der Waals surface area contributed by atoms with Gasteiger partial charge in [-0.1, -0.05) is 38.4 Å². The first-order valence-corrected chi connectivity index (χ1v) is 12.7. The number of anilines is 1. The van der Waals surface area contributed by atoms with Crippen LogP contribution in [0, 0.1) is 5.41 Å². The van der Waals surface area contributed by atoms with E-state index in [2.05, 4.69) is 10.6 Å². The summed E-state index contributed by atoms with van der Waals surface area (Å²) in [5.41, 5.74) is 5.56. The van der Waals surface area contributed by atoms with Crippen molar-refractivity contribution in [1.29, 1.82) is 0 Å². The second kappa shape index (κ2) is 13.3. The van der Waals surface area contributed by atoms with Gasteiger partial charge in [-0.2, -0.15) is 0 Å². The molecule has 1 aromatic carbocycles. The van der Waals surface area contributed by atoms with Gasteiger partial charge in [-0.05, 0) is 43.4 Å². The zero-order chi connectivity index (χ0) is 28.6. The largest absolute Gasteiger partial charge is 0.481 e. The fourth-order valence-corrected chi connectivity index (χ4v) is 4.20. The van der Waals surface area contributed by atoms with Crippen LogP contribution in [0.1, 0.15) is 57.3 Å². The van der Waals surface area contributed by atoms with Gasteiger partial charge in [0.1, 0.15) is 12.1 Å². The minimum atomic E-state index is -1.18. The molecule has 1 aromatic rings. The quantitative estimate of drug-likeness (QED) is 0.195. The highest BCUT2D eigenvalue weighted by molar-refractivity contribution is 6.33. The van der Waals surface area contributed by atoms with Crippen molar-refractivity contribution in [3.05, 3.63) is 40.9 Å². The van der Waals surface area contributed by atoms with E-state index in [4.69, 9.17) is 22.1 Å². The molecule has 208 valence electrons. The lowest BCUT2D eigenvalue weighted by Crippen LogP contribution is -2.58. The average molecular weight is 551 g/mol. The number of amides is 3. The van der Waals surface area contributed by atoms with Crippen molar-refractivity contribution in [2.75, 3.05) is 18.9 Å². The summed E-state index contributed by atoms with van der Waals surface area (Å²) in [6, 6.07) is 1.57. The van der Waals surface area contributed by atoms with Crippen molar-refractivity contribution in [2.45, 2.75) is 65.1 Å². The molecular formula is C26H35ClN4O7. The highest BCUT2D eigenvalue weighted by atomic mass is 35.5. The molecular weight excluding hydrogens is 516 g/mol. The third kappa shape index (κ3) is 8.47. The molecule has 2 rings (SSSR count). The van der Waals surface area contributed by atoms with E-state index in [0.29, 0.717) is 18.5 Å². The molecule has 11 nitrogen and oxygen atoms in total. The fraction of sp³-hybridized carbons (Fsp3) is 0.500. The molecule has 5 N–H and O–H groups in total. The molecule has 0 spiro atoms. The number of carbonyl (C=O) groups excluding carboxylic acids is 4. The van der Waals surface area contributed by atoms with Crippen LogP contribution >= 0.6 is 11.6 Å². The van der Waals surface area contributed by atoms with Crippen LogP contribution in [0.3, 0.4) is 0 Å². The van der Waals surface area contributed by atoms with Crippen molar-refractivity contribution in [2.24, 2.45) is 5.41 Å². The maximum Gasteiger partial charge on any atom is 0.330 e. The molecule has 0 bridgehead atoms. The number of benzene rings is 1. The number of carboxylic acid groups (broad SMARTS) is 1. The summed E-state index contributed by atoms with van der Waals surface area (Å²) in [4.78, 5) is 64.1. The maximum absolute atomic E-state index is 13.7. The first-order valence-electron chi connectivity index (χ1n) is 12.3. The third-order valence-corrected chi connectivity index (χ3v) is 6.29. The second-order valence-corrected chi connectivity index (χ2v) is 10.4. The van der Waals surface area contributed by atoms with Gasteiger partial charge in [-0.25, -0.2) is 4.79 Å². The van der Waals surface area contributed by atoms with Crippen LogP contribution in [0.15, 0.2) is 30.4 Å². The molecule has 0 aliphatic carbocycles. The van der Waals surface area contributed by atoms with Crippen LogP contribution in [0.25, 0.3) is 0 Å². The molecule has 0 radical (unpaired) electrons. The highest BCUT2D eigenvalue weighted by Gasteiger charge is 2.42. The molecule has 0 aromatic heterocycles. The minimum absolute atomic E-state index is 0.148. The lowest BCUT2D eigenvalue weighted by Gasteiger charge is -2.35. The number of hydrogen-bond donors (Lipinski definition) is 4. The van der Waals surface area contributed by atoms with Gasteiger partial charge in [0.25, 0.3) is 5.91 Å². The first-order chi connectivity index (χ1) is 17.7. The van der Waals surface area contributed by atoms with E-state index in [0.717, 1.165) is 6.08 Å². The number of carbonyl (C=O) groups is 5. The molecule has 12 heteroatoms. The molecule has 1 heterocycles. The van der Waals surface area contributed by atoms with Crippen LogP contribution in [-0.2, 0) is 23.9 Å². The van der Waals surface area contributed by atoms with E-state index in [1.165, 1.54) is 29.2 Å². The van der Waals surface area contributed by atoms with Crippen LogP contribution < -0.4 is 16.4 Å². The molecule has 1 aliphatic heterocycles. The Balaban J connectivity index is 2.21. The van der Waals surface area contributed by atoms with Crippen LogP contribution in [0.4, 0.5) is 5.69 Å². The van der Waals surface area contributed by atoms with Gasteiger partial charge in [0.15, 0.2) is 0 Å². The summed E-state index contributed by atoms with van der Waals surface area (Å²) in [7, 11) is 0. The maximum atomic E-state index is 13.7. The second-order valence-electron chi connectivity index (χ2n) is 10.0. The topological polar surface area (TPSA) is 168 Å². The van der Waals surface area contributed by atoms with Gasteiger partial charge >= 0.3 is 11.9 Å². The summed E-state index contributed by atoms with van der Waals surface area (Å²) >= 11 is 6.04. The number of rotatable bonds is 10. The molecule has 1 aliphatic rings. The van der Waals surface area contributed by atoms with Crippen LogP contribution in [-0.4, -0.2) is 70.9 Å². The van der Waals surface area contributed by atoms with Gasteiger partial charge in [-0.15, -0.1) is 0 Å². The zero-order valence-electron chi connectivity index (χ0n) is 22.0. The number of nitrogen functional groups attached to an aromatic ring is 1. The number of aliphatic carboxylic acids is 1. The Morgan fingerprint density at radius 3 is 2.50 bits per heavy atom. The fourth-order valence-electron chi connectivity index (χ4n) is 4.02. The Labute approximate surface area is 226 Å². The van der Waals surface area contributed by atoms with Crippen molar-refractivity contribution < 1.29 is 33.8 Å². The number of nitrogens with zero attached hydrogens (tertiary/aromatic N) is 1. The number of ether oxygens (including phenoxy) is 1. The summed E-state index contributed by atoms with van der Waals surface area (Å²) in [5, 5.41) is 14.8. The van der Waals surface area contributed by atoms with Crippen LogP contribution in [0.5, 0.6) is 0 Å². The first kappa shape index (κ1) is 30.6. The van der Waals surface area contributed by atoms with Crippen molar-refractivity contribution in [3.63, 3.8) is 0 Å². The van der Waals surface area contributed by atoms with Crippen molar-refractivity contribution in [3.8, 4) is 0 Å². The Morgan fingerprint density at radius 2 is 1.92 bits per heavy atom. The van der Waals surface area contributed by atoms with E-state index >= 15 is 0 Å². The molecule has 1 fully saturated rings. The predicted molar refractivity (Wildman–Crippen MR) is 141 cm³/mol. The van der Waals surface area contributed by atoms with E-state index in [-0.39, 0.29) is 23.7 Å². The standard InChI is InChI=1S/C26H35ClN4O7/c1-5-38-21(34)11-9-16(14-20(32)33)29-24(36)19-7-6-12-31(19)25(37)22(26(2,3)4)30-23(35)15-8-10-18(28)17(27)13-15/h8-11,13,16,19,22H,5-7,12,14,28H2,1-4H3,(H,29,36)(H,30,35)(H,32,33)/b11-9+/t16-,19-,22+/m1/s1. The Morgan fingerprint density at radius 1 is 1.24 bits per heavy atom. The number of nitrogens with one attached hydrogen (secondary N) is 2. The van der Waals surface area contributed by atoms with Crippen molar-refractivity contribution in [1.82, 2.24) is 15.5 Å². The SMILES string of the molecule is CCOC(=O)/C=C/[C@H](CC(=O)O)NC(=O)[C@H]1CCCN1C(=O)[C@H](NC(=O)c1ccc(N)c(Cl)c1)C(C)(C)C. The summed E-state index contributed by atoms with van der Waals surface area (Å²) in [6.45, 7) is 7.44. The lowest BCUT2D eigenvalue weighted by molar-refractivity contribution is -0.142. The smallest absolute Gasteiger partial charge is 0.330 e. The summed E-state index contributed by atoms with van der Waals surface area (Å²) in [6.07, 6.45) is 2.75. The van der Waals surface area contributed by atoms with Gasteiger partial charge in [0.2, 0.25) is 11.8 Å². The predicted octanol–water partition coefficient (Wildman–Crippen LogP) is 2.14.